The average molecular weight is 399 g/mol. The standard InChI is InChI=1S/C23H29NO5/c1-5-28-20-11-8-17(16-22(20)29-6-2)9-12-23(25)24-14-13-18-7-10-19(26-3)21(15-18)27-4/h7-12,15-16H,5-6,13-14H2,1-4H3,(H,24,25). The molecule has 0 aliphatic heterocycles. The summed E-state index contributed by atoms with van der Waals surface area (Å²) in [6, 6.07) is 11.3. The van der Waals surface area contributed by atoms with E-state index in [0.717, 1.165) is 11.1 Å². The van der Waals surface area contributed by atoms with Crippen LogP contribution in [0.25, 0.3) is 6.08 Å². The van der Waals surface area contributed by atoms with E-state index in [1.807, 2.05) is 50.2 Å². The fraction of sp³-hybridized carbons (Fsp3) is 0.348. The van der Waals surface area contributed by atoms with Gasteiger partial charge < -0.3 is 24.3 Å². The second-order valence-corrected chi connectivity index (χ2v) is 6.14. The molecule has 2 aromatic rings. The minimum Gasteiger partial charge on any atom is -0.493 e. The van der Waals surface area contributed by atoms with Crippen LogP contribution < -0.4 is 24.3 Å². The molecule has 0 aliphatic carbocycles. The topological polar surface area (TPSA) is 66.0 Å². The van der Waals surface area contributed by atoms with E-state index >= 15 is 0 Å². The number of methoxy groups -OCH3 is 2. The molecule has 0 atom stereocenters. The van der Waals surface area contributed by atoms with Crippen LogP contribution in [0.2, 0.25) is 0 Å². The van der Waals surface area contributed by atoms with Gasteiger partial charge in [0, 0.05) is 12.6 Å². The Morgan fingerprint density at radius 2 is 1.59 bits per heavy atom. The van der Waals surface area contributed by atoms with Crippen molar-refractivity contribution in [2.75, 3.05) is 34.0 Å². The minimum atomic E-state index is -0.155. The van der Waals surface area contributed by atoms with E-state index in [0.29, 0.717) is 49.2 Å². The summed E-state index contributed by atoms with van der Waals surface area (Å²) in [5.41, 5.74) is 1.92. The molecular formula is C23H29NO5. The van der Waals surface area contributed by atoms with Crippen LogP contribution in [0, 0.1) is 0 Å². The highest BCUT2D eigenvalue weighted by Gasteiger charge is 2.06. The molecule has 1 N–H and O–H groups in total. The summed E-state index contributed by atoms with van der Waals surface area (Å²) in [6.07, 6.45) is 3.96. The number of benzene rings is 2. The summed E-state index contributed by atoms with van der Waals surface area (Å²) in [6.45, 7) is 5.48. The maximum absolute atomic E-state index is 12.1. The van der Waals surface area contributed by atoms with E-state index in [-0.39, 0.29) is 5.91 Å². The van der Waals surface area contributed by atoms with Crippen molar-refractivity contribution in [3.63, 3.8) is 0 Å². The van der Waals surface area contributed by atoms with E-state index in [1.165, 1.54) is 6.08 Å². The third-order valence-electron chi connectivity index (χ3n) is 4.16. The Balaban J connectivity index is 1.90. The van der Waals surface area contributed by atoms with Crippen LogP contribution in [0.4, 0.5) is 0 Å². The Bertz CT molecular complexity index is 832. The summed E-state index contributed by atoms with van der Waals surface area (Å²) in [5.74, 6) is 2.58. The molecule has 0 saturated heterocycles. The van der Waals surface area contributed by atoms with Crippen LogP contribution in [-0.2, 0) is 11.2 Å². The van der Waals surface area contributed by atoms with Gasteiger partial charge in [-0.1, -0.05) is 12.1 Å². The van der Waals surface area contributed by atoms with E-state index in [2.05, 4.69) is 5.32 Å². The molecule has 0 radical (unpaired) electrons. The SMILES string of the molecule is CCOc1ccc(C=CC(=O)NCCc2ccc(OC)c(OC)c2)cc1OCC. The molecule has 156 valence electrons. The first-order valence-electron chi connectivity index (χ1n) is 9.67. The highest BCUT2D eigenvalue weighted by molar-refractivity contribution is 5.91. The second kappa shape index (κ2) is 11.6. The van der Waals surface area contributed by atoms with Crippen molar-refractivity contribution in [1.29, 1.82) is 0 Å². The zero-order valence-electron chi connectivity index (χ0n) is 17.5. The Morgan fingerprint density at radius 1 is 0.897 bits per heavy atom. The van der Waals surface area contributed by atoms with Crippen molar-refractivity contribution in [2.45, 2.75) is 20.3 Å². The lowest BCUT2D eigenvalue weighted by Gasteiger charge is -2.11. The Labute approximate surface area is 172 Å². The number of ether oxygens (including phenoxy) is 4. The maximum Gasteiger partial charge on any atom is 0.244 e. The lowest BCUT2D eigenvalue weighted by molar-refractivity contribution is -0.116. The van der Waals surface area contributed by atoms with Gasteiger partial charge in [0.15, 0.2) is 23.0 Å². The molecular weight excluding hydrogens is 370 g/mol. The van der Waals surface area contributed by atoms with Crippen molar-refractivity contribution in [3.8, 4) is 23.0 Å². The highest BCUT2D eigenvalue weighted by Crippen LogP contribution is 2.29. The van der Waals surface area contributed by atoms with Gasteiger partial charge in [-0.15, -0.1) is 0 Å². The minimum absolute atomic E-state index is 0.155. The quantitative estimate of drug-likeness (QED) is 0.581. The molecule has 0 unspecified atom stereocenters. The van der Waals surface area contributed by atoms with Crippen LogP contribution >= 0.6 is 0 Å². The van der Waals surface area contributed by atoms with Gasteiger partial charge in [0.1, 0.15) is 0 Å². The number of nitrogens with one attached hydrogen (secondary N) is 1. The van der Waals surface area contributed by atoms with Gasteiger partial charge in [0.25, 0.3) is 0 Å². The molecule has 0 spiro atoms. The normalized spacial score (nSPS) is 10.6. The van der Waals surface area contributed by atoms with Crippen LogP contribution in [0.5, 0.6) is 23.0 Å². The smallest absolute Gasteiger partial charge is 0.244 e. The molecule has 29 heavy (non-hydrogen) atoms. The van der Waals surface area contributed by atoms with E-state index in [9.17, 15) is 4.79 Å². The van der Waals surface area contributed by atoms with Gasteiger partial charge >= 0.3 is 0 Å². The van der Waals surface area contributed by atoms with Gasteiger partial charge in [-0.2, -0.15) is 0 Å². The van der Waals surface area contributed by atoms with Gasteiger partial charge in [-0.05, 0) is 61.7 Å². The number of carbonyl (C=O) groups is 1. The summed E-state index contributed by atoms with van der Waals surface area (Å²) in [7, 11) is 3.21. The number of rotatable bonds is 11. The number of hydrogen-bond acceptors (Lipinski definition) is 5. The third-order valence-corrected chi connectivity index (χ3v) is 4.16. The predicted octanol–water partition coefficient (Wildman–Crippen LogP) is 3.87. The first-order valence-corrected chi connectivity index (χ1v) is 9.67. The molecule has 0 aliphatic rings. The van der Waals surface area contributed by atoms with Crippen LogP contribution in [0.1, 0.15) is 25.0 Å². The van der Waals surface area contributed by atoms with Crippen molar-refractivity contribution < 1.29 is 23.7 Å². The monoisotopic (exact) mass is 399 g/mol. The largest absolute Gasteiger partial charge is 0.493 e. The summed E-state index contributed by atoms with van der Waals surface area (Å²) in [4.78, 5) is 12.1. The third kappa shape index (κ3) is 6.75. The first kappa shape index (κ1) is 22.1. The zero-order chi connectivity index (χ0) is 21.1. The van der Waals surface area contributed by atoms with Gasteiger partial charge in [-0.25, -0.2) is 0 Å². The Hall–Kier alpha value is -3.15. The second-order valence-electron chi connectivity index (χ2n) is 6.14. The molecule has 6 nitrogen and oxygen atoms in total. The van der Waals surface area contributed by atoms with E-state index in [4.69, 9.17) is 18.9 Å². The lowest BCUT2D eigenvalue weighted by atomic mass is 10.1. The first-order chi connectivity index (χ1) is 14.1. The fourth-order valence-electron chi connectivity index (χ4n) is 2.77. The summed E-state index contributed by atoms with van der Waals surface area (Å²) < 4.78 is 21.7. The Morgan fingerprint density at radius 3 is 2.28 bits per heavy atom. The maximum atomic E-state index is 12.1. The summed E-state index contributed by atoms with van der Waals surface area (Å²) >= 11 is 0. The van der Waals surface area contributed by atoms with Gasteiger partial charge in [-0.3, -0.25) is 4.79 Å². The summed E-state index contributed by atoms with van der Waals surface area (Å²) in [5, 5.41) is 2.89. The molecule has 0 aromatic heterocycles. The number of amides is 1. The average Bonchev–Trinajstić information content (AvgIpc) is 2.74. The van der Waals surface area contributed by atoms with Crippen molar-refractivity contribution >= 4 is 12.0 Å². The molecule has 0 fully saturated rings. The highest BCUT2D eigenvalue weighted by atomic mass is 16.5. The van der Waals surface area contributed by atoms with Crippen molar-refractivity contribution in [3.05, 3.63) is 53.6 Å². The molecule has 2 aromatic carbocycles. The van der Waals surface area contributed by atoms with E-state index in [1.54, 1.807) is 20.3 Å². The van der Waals surface area contributed by atoms with Crippen LogP contribution in [-0.4, -0.2) is 39.9 Å². The van der Waals surface area contributed by atoms with Gasteiger partial charge in [0.05, 0.1) is 27.4 Å². The van der Waals surface area contributed by atoms with E-state index < -0.39 is 0 Å². The molecule has 6 heteroatoms. The zero-order valence-corrected chi connectivity index (χ0v) is 17.5. The molecule has 1 amide bonds. The predicted molar refractivity (Wildman–Crippen MR) is 114 cm³/mol. The van der Waals surface area contributed by atoms with Crippen LogP contribution in [0.3, 0.4) is 0 Å². The molecule has 2 rings (SSSR count). The van der Waals surface area contributed by atoms with Crippen molar-refractivity contribution in [1.82, 2.24) is 5.32 Å². The lowest BCUT2D eigenvalue weighted by Crippen LogP contribution is -2.23. The van der Waals surface area contributed by atoms with Crippen molar-refractivity contribution in [2.24, 2.45) is 0 Å². The molecule has 0 saturated carbocycles. The Kier molecular flexibility index (Phi) is 8.89. The number of carbonyl (C=O) groups excluding carboxylic acids is 1. The fourth-order valence-corrected chi connectivity index (χ4v) is 2.77. The van der Waals surface area contributed by atoms with Crippen LogP contribution in [0.15, 0.2) is 42.5 Å². The molecule has 0 bridgehead atoms. The number of hydrogen-bond donors (Lipinski definition) is 1. The van der Waals surface area contributed by atoms with Gasteiger partial charge in [0.2, 0.25) is 5.91 Å². The molecule has 0 heterocycles.